The zero-order chi connectivity index (χ0) is 14.5. The van der Waals surface area contributed by atoms with Gasteiger partial charge in [-0.05, 0) is 42.8 Å². The maximum Gasteiger partial charge on any atom is 0.142 e. The molecular formula is C16H19ClN2O. The molecule has 0 radical (unpaired) electrons. The van der Waals surface area contributed by atoms with Crippen molar-refractivity contribution in [3.8, 4) is 5.75 Å². The van der Waals surface area contributed by atoms with Crippen molar-refractivity contribution in [1.82, 2.24) is 10.3 Å². The first kappa shape index (κ1) is 14.8. The largest absolute Gasteiger partial charge is 0.495 e. The van der Waals surface area contributed by atoms with E-state index in [0.717, 1.165) is 34.1 Å². The van der Waals surface area contributed by atoms with E-state index in [4.69, 9.17) is 16.3 Å². The first-order valence-corrected chi connectivity index (χ1v) is 7.03. The van der Waals surface area contributed by atoms with Crippen molar-refractivity contribution < 1.29 is 4.74 Å². The van der Waals surface area contributed by atoms with Gasteiger partial charge in [0.15, 0.2) is 0 Å². The summed E-state index contributed by atoms with van der Waals surface area (Å²) in [4.78, 5) is 4.47. The molecule has 0 aliphatic heterocycles. The van der Waals surface area contributed by atoms with Crippen LogP contribution in [0.2, 0.25) is 5.02 Å². The highest BCUT2D eigenvalue weighted by atomic mass is 35.5. The Bertz CT molecular complexity index is 586. The van der Waals surface area contributed by atoms with Crippen LogP contribution in [0, 0.1) is 6.92 Å². The van der Waals surface area contributed by atoms with Gasteiger partial charge >= 0.3 is 0 Å². The molecule has 2 rings (SSSR count). The predicted octanol–water partition coefficient (Wildman–Crippen LogP) is 3.75. The number of aromatic nitrogens is 1. The maximum atomic E-state index is 6.24. The molecule has 1 unspecified atom stereocenters. The Labute approximate surface area is 124 Å². The standard InChI is InChI=1S/C16H19ClN2O/c1-4-18-15(12-8-7-11(2)13(17)10-12)16-14(20-3)6-5-9-19-16/h5-10,15,18H,4H2,1-3H3. The molecule has 1 aromatic carbocycles. The highest BCUT2D eigenvalue weighted by Crippen LogP contribution is 2.30. The highest BCUT2D eigenvalue weighted by molar-refractivity contribution is 6.31. The van der Waals surface area contributed by atoms with Gasteiger partial charge in [0, 0.05) is 11.2 Å². The summed E-state index contributed by atoms with van der Waals surface area (Å²) in [5.74, 6) is 0.773. The summed E-state index contributed by atoms with van der Waals surface area (Å²) in [7, 11) is 1.66. The molecule has 0 bridgehead atoms. The normalized spacial score (nSPS) is 12.2. The molecule has 0 amide bonds. The van der Waals surface area contributed by atoms with Gasteiger partial charge in [0.25, 0.3) is 0 Å². The van der Waals surface area contributed by atoms with Crippen molar-refractivity contribution in [3.05, 3.63) is 58.4 Å². The number of ether oxygens (including phenoxy) is 1. The Morgan fingerprint density at radius 2 is 2.15 bits per heavy atom. The molecule has 1 atom stereocenters. The lowest BCUT2D eigenvalue weighted by Gasteiger charge is -2.20. The fourth-order valence-corrected chi connectivity index (χ4v) is 2.35. The quantitative estimate of drug-likeness (QED) is 0.910. The van der Waals surface area contributed by atoms with Gasteiger partial charge in [-0.3, -0.25) is 4.98 Å². The van der Waals surface area contributed by atoms with Crippen LogP contribution in [0.15, 0.2) is 36.5 Å². The molecule has 0 saturated carbocycles. The maximum absolute atomic E-state index is 6.24. The summed E-state index contributed by atoms with van der Waals surface area (Å²) in [6, 6.07) is 9.84. The van der Waals surface area contributed by atoms with Gasteiger partial charge in [-0.2, -0.15) is 0 Å². The van der Waals surface area contributed by atoms with E-state index >= 15 is 0 Å². The Balaban J connectivity index is 2.47. The minimum Gasteiger partial charge on any atom is -0.495 e. The molecule has 20 heavy (non-hydrogen) atoms. The second kappa shape index (κ2) is 6.73. The fraction of sp³-hybridized carbons (Fsp3) is 0.312. The van der Waals surface area contributed by atoms with Crippen molar-refractivity contribution in [2.75, 3.05) is 13.7 Å². The number of methoxy groups -OCH3 is 1. The third kappa shape index (κ3) is 3.11. The predicted molar refractivity (Wildman–Crippen MR) is 82.5 cm³/mol. The molecule has 0 fully saturated rings. The first-order valence-electron chi connectivity index (χ1n) is 6.65. The molecule has 1 aromatic heterocycles. The van der Waals surface area contributed by atoms with Crippen molar-refractivity contribution in [2.24, 2.45) is 0 Å². The number of nitrogens with one attached hydrogen (secondary N) is 1. The number of aryl methyl sites for hydroxylation is 1. The Hall–Kier alpha value is -1.58. The fourth-order valence-electron chi connectivity index (χ4n) is 2.16. The molecule has 1 N–H and O–H groups in total. The second-order valence-corrected chi connectivity index (χ2v) is 5.00. The Morgan fingerprint density at radius 1 is 1.35 bits per heavy atom. The molecule has 0 spiro atoms. The summed E-state index contributed by atoms with van der Waals surface area (Å²) < 4.78 is 5.41. The van der Waals surface area contributed by atoms with Gasteiger partial charge in [-0.15, -0.1) is 0 Å². The van der Waals surface area contributed by atoms with Crippen LogP contribution in [0.25, 0.3) is 0 Å². The van der Waals surface area contributed by atoms with Crippen LogP contribution in [0.5, 0.6) is 5.75 Å². The smallest absolute Gasteiger partial charge is 0.142 e. The lowest BCUT2D eigenvalue weighted by Crippen LogP contribution is -2.23. The van der Waals surface area contributed by atoms with E-state index in [1.807, 2.05) is 31.2 Å². The number of hydrogen-bond acceptors (Lipinski definition) is 3. The average Bonchev–Trinajstić information content (AvgIpc) is 2.48. The second-order valence-electron chi connectivity index (χ2n) is 4.59. The molecule has 1 heterocycles. The number of benzene rings is 1. The van der Waals surface area contributed by atoms with Gasteiger partial charge in [-0.1, -0.05) is 30.7 Å². The lowest BCUT2D eigenvalue weighted by atomic mass is 10.0. The van der Waals surface area contributed by atoms with Crippen LogP contribution in [-0.2, 0) is 0 Å². The minimum absolute atomic E-state index is 0.0331. The lowest BCUT2D eigenvalue weighted by molar-refractivity contribution is 0.400. The van der Waals surface area contributed by atoms with Crippen LogP contribution < -0.4 is 10.1 Å². The first-order chi connectivity index (χ1) is 9.67. The van der Waals surface area contributed by atoms with E-state index in [9.17, 15) is 0 Å². The van der Waals surface area contributed by atoms with Crippen LogP contribution in [0.1, 0.15) is 29.8 Å². The number of rotatable bonds is 5. The molecule has 0 saturated heterocycles. The van der Waals surface area contributed by atoms with Crippen LogP contribution in [0.3, 0.4) is 0 Å². The summed E-state index contributed by atoms with van der Waals surface area (Å²) in [5, 5.41) is 4.20. The molecule has 0 aliphatic rings. The monoisotopic (exact) mass is 290 g/mol. The van der Waals surface area contributed by atoms with Gasteiger partial charge in [0.1, 0.15) is 11.4 Å². The number of hydrogen-bond donors (Lipinski definition) is 1. The van der Waals surface area contributed by atoms with Crippen molar-refractivity contribution in [3.63, 3.8) is 0 Å². The molecule has 2 aromatic rings. The zero-order valence-corrected chi connectivity index (χ0v) is 12.7. The van der Waals surface area contributed by atoms with Crippen LogP contribution in [0.4, 0.5) is 0 Å². The van der Waals surface area contributed by atoms with Crippen molar-refractivity contribution in [1.29, 1.82) is 0 Å². The van der Waals surface area contributed by atoms with Crippen molar-refractivity contribution in [2.45, 2.75) is 19.9 Å². The summed E-state index contributed by atoms with van der Waals surface area (Å²) in [5.41, 5.74) is 3.02. The molecular weight excluding hydrogens is 272 g/mol. The summed E-state index contributed by atoms with van der Waals surface area (Å²) in [6.45, 7) is 4.89. The average molecular weight is 291 g/mol. The van der Waals surface area contributed by atoms with Crippen LogP contribution in [-0.4, -0.2) is 18.6 Å². The van der Waals surface area contributed by atoms with E-state index < -0.39 is 0 Å². The summed E-state index contributed by atoms with van der Waals surface area (Å²) in [6.07, 6.45) is 1.78. The highest BCUT2D eigenvalue weighted by Gasteiger charge is 2.19. The van der Waals surface area contributed by atoms with Gasteiger partial charge in [-0.25, -0.2) is 0 Å². The van der Waals surface area contributed by atoms with Gasteiger partial charge < -0.3 is 10.1 Å². The topological polar surface area (TPSA) is 34.2 Å². The molecule has 3 nitrogen and oxygen atoms in total. The number of halogens is 1. The Kier molecular flexibility index (Phi) is 4.99. The van der Waals surface area contributed by atoms with E-state index in [2.05, 4.69) is 23.3 Å². The number of pyridine rings is 1. The minimum atomic E-state index is -0.0331. The summed E-state index contributed by atoms with van der Waals surface area (Å²) >= 11 is 6.24. The van der Waals surface area contributed by atoms with Gasteiger partial charge in [0.2, 0.25) is 0 Å². The van der Waals surface area contributed by atoms with Crippen LogP contribution >= 0.6 is 11.6 Å². The Morgan fingerprint density at radius 3 is 2.80 bits per heavy atom. The SMILES string of the molecule is CCNC(c1ccc(C)c(Cl)c1)c1ncccc1OC. The molecule has 4 heteroatoms. The van der Waals surface area contributed by atoms with Crippen molar-refractivity contribution >= 4 is 11.6 Å². The molecule has 0 aliphatic carbocycles. The van der Waals surface area contributed by atoms with E-state index in [-0.39, 0.29) is 6.04 Å². The molecule has 106 valence electrons. The van der Waals surface area contributed by atoms with E-state index in [0.29, 0.717) is 0 Å². The third-order valence-corrected chi connectivity index (χ3v) is 3.64. The van der Waals surface area contributed by atoms with E-state index in [1.165, 1.54) is 0 Å². The van der Waals surface area contributed by atoms with E-state index in [1.54, 1.807) is 13.3 Å². The zero-order valence-electron chi connectivity index (χ0n) is 12.0. The van der Waals surface area contributed by atoms with Gasteiger partial charge in [0.05, 0.1) is 13.2 Å². The number of nitrogens with zero attached hydrogens (tertiary/aromatic N) is 1. The third-order valence-electron chi connectivity index (χ3n) is 3.23.